The number of carboxylic acids is 1. The van der Waals surface area contributed by atoms with E-state index in [1.54, 1.807) is 31.4 Å². The van der Waals surface area contributed by atoms with Gasteiger partial charge in [-0.05, 0) is 42.0 Å². The Morgan fingerprint density at radius 2 is 1.83 bits per heavy atom. The maximum absolute atomic E-state index is 11.1. The van der Waals surface area contributed by atoms with Gasteiger partial charge in [0.25, 0.3) is 0 Å². The number of aromatic carboxylic acids is 1. The SMILES string of the molecule is C=C(N=C(N=CN)c1cccc(C(=O)O)c1)c1ccc(OC)cc1. The molecule has 0 amide bonds. The summed E-state index contributed by atoms with van der Waals surface area (Å²) in [4.78, 5) is 19.5. The molecule has 0 fully saturated rings. The lowest BCUT2D eigenvalue weighted by Crippen LogP contribution is -2.04. The molecule has 0 aliphatic rings. The number of benzene rings is 2. The third kappa shape index (κ3) is 4.07. The fourth-order valence-corrected chi connectivity index (χ4v) is 2.01. The average Bonchev–Trinajstić information content (AvgIpc) is 2.61. The van der Waals surface area contributed by atoms with Gasteiger partial charge in [0.2, 0.25) is 0 Å². The Bertz CT molecular complexity index is 809. The van der Waals surface area contributed by atoms with Crippen molar-refractivity contribution >= 4 is 23.8 Å². The molecule has 6 heteroatoms. The molecule has 0 heterocycles. The van der Waals surface area contributed by atoms with E-state index >= 15 is 0 Å². The van der Waals surface area contributed by atoms with E-state index in [2.05, 4.69) is 16.6 Å². The fraction of sp³-hybridized carbons (Fsp3) is 0.0556. The van der Waals surface area contributed by atoms with Crippen LogP contribution in [0.15, 0.2) is 65.1 Å². The summed E-state index contributed by atoms with van der Waals surface area (Å²) in [6, 6.07) is 13.5. The smallest absolute Gasteiger partial charge is 0.335 e. The number of amidine groups is 1. The van der Waals surface area contributed by atoms with Gasteiger partial charge in [-0.1, -0.05) is 18.7 Å². The van der Waals surface area contributed by atoms with Gasteiger partial charge in [-0.3, -0.25) is 0 Å². The van der Waals surface area contributed by atoms with E-state index in [0.29, 0.717) is 11.3 Å². The summed E-state index contributed by atoms with van der Waals surface area (Å²) in [5.74, 6) is -0.0202. The van der Waals surface area contributed by atoms with E-state index in [1.807, 2.05) is 12.1 Å². The Kier molecular flexibility index (Phi) is 5.46. The van der Waals surface area contributed by atoms with E-state index in [0.717, 1.165) is 17.7 Å². The summed E-state index contributed by atoms with van der Waals surface area (Å²) in [6.07, 6.45) is 1.10. The first-order valence-corrected chi connectivity index (χ1v) is 7.05. The van der Waals surface area contributed by atoms with Crippen LogP contribution in [0, 0.1) is 0 Å². The standard InChI is InChI=1S/C18H17N3O3/c1-12(13-6-8-16(24-2)9-7-13)21-17(20-11-19)14-4-3-5-15(10-14)18(22)23/h3-11H,1H2,2H3,(H,22,23)(H2,19,20,21). The lowest BCUT2D eigenvalue weighted by atomic mass is 10.1. The Morgan fingerprint density at radius 1 is 1.17 bits per heavy atom. The summed E-state index contributed by atoms with van der Waals surface area (Å²) in [5, 5.41) is 9.10. The number of aliphatic imine (C=N–C) groups is 2. The maximum atomic E-state index is 11.1. The molecule has 2 aromatic carbocycles. The minimum absolute atomic E-state index is 0.141. The molecule has 0 aliphatic heterocycles. The second-order valence-corrected chi connectivity index (χ2v) is 4.77. The molecule has 0 atom stereocenters. The summed E-state index contributed by atoms with van der Waals surface area (Å²) in [5.41, 5.74) is 7.31. The van der Waals surface area contributed by atoms with Crippen LogP contribution in [0.4, 0.5) is 0 Å². The van der Waals surface area contributed by atoms with E-state index in [9.17, 15) is 4.79 Å². The second kappa shape index (κ2) is 7.73. The van der Waals surface area contributed by atoms with Gasteiger partial charge in [0, 0.05) is 5.56 Å². The predicted octanol–water partition coefficient (Wildman–Crippen LogP) is 2.80. The van der Waals surface area contributed by atoms with Gasteiger partial charge in [-0.15, -0.1) is 0 Å². The number of rotatable bonds is 5. The van der Waals surface area contributed by atoms with Crippen molar-refractivity contribution in [3.8, 4) is 5.75 Å². The Hall–Kier alpha value is -3.41. The number of carboxylic acid groups (broad SMARTS) is 1. The molecule has 0 saturated carbocycles. The van der Waals surface area contributed by atoms with Crippen molar-refractivity contribution in [3.05, 3.63) is 71.8 Å². The molecular formula is C18H17N3O3. The minimum Gasteiger partial charge on any atom is -0.497 e. The van der Waals surface area contributed by atoms with Crippen LogP contribution in [-0.4, -0.2) is 30.4 Å². The highest BCUT2D eigenvalue weighted by Gasteiger charge is 2.08. The van der Waals surface area contributed by atoms with Gasteiger partial charge in [0.1, 0.15) is 5.75 Å². The number of nitrogens with zero attached hydrogens (tertiary/aromatic N) is 2. The number of ether oxygens (including phenoxy) is 1. The van der Waals surface area contributed by atoms with Gasteiger partial charge in [0.05, 0.1) is 24.7 Å². The van der Waals surface area contributed by atoms with Crippen LogP contribution < -0.4 is 10.5 Å². The molecular weight excluding hydrogens is 306 g/mol. The molecule has 0 aromatic heterocycles. The molecule has 2 aromatic rings. The minimum atomic E-state index is -1.03. The summed E-state index contributed by atoms with van der Waals surface area (Å²) in [7, 11) is 1.59. The van der Waals surface area contributed by atoms with E-state index in [-0.39, 0.29) is 11.4 Å². The van der Waals surface area contributed by atoms with Gasteiger partial charge >= 0.3 is 5.97 Å². The largest absolute Gasteiger partial charge is 0.497 e. The third-order valence-corrected chi connectivity index (χ3v) is 3.23. The first-order valence-electron chi connectivity index (χ1n) is 7.05. The molecule has 0 bridgehead atoms. The van der Waals surface area contributed by atoms with Crippen molar-refractivity contribution in [1.82, 2.24) is 0 Å². The van der Waals surface area contributed by atoms with Gasteiger partial charge in [-0.25, -0.2) is 14.8 Å². The quantitative estimate of drug-likeness (QED) is 0.653. The molecule has 24 heavy (non-hydrogen) atoms. The average molecular weight is 323 g/mol. The van der Waals surface area contributed by atoms with Gasteiger partial charge in [0.15, 0.2) is 5.84 Å². The van der Waals surface area contributed by atoms with Crippen LogP contribution in [0.3, 0.4) is 0 Å². The van der Waals surface area contributed by atoms with Gasteiger partial charge in [-0.2, -0.15) is 0 Å². The number of carbonyl (C=O) groups is 1. The van der Waals surface area contributed by atoms with Crippen LogP contribution in [0.2, 0.25) is 0 Å². The van der Waals surface area contributed by atoms with Crippen molar-refractivity contribution in [1.29, 1.82) is 0 Å². The van der Waals surface area contributed by atoms with Crippen LogP contribution in [0.25, 0.3) is 5.70 Å². The molecule has 0 saturated heterocycles. The second-order valence-electron chi connectivity index (χ2n) is 4.77. The van der Waals surface area contributed by atoms with E-state index in [4.69, 9.17) is 15.6 Å². The zero-order valence-corrected chi connectivity index (χ0v) is 13.1. The Morgan fingerprint density at radius 3 is 2.42 bits per heavy atom. The van der Waals surface area contributed by atoms with Crippen LogP contribution in [0.1, 0.15) is 21.5 Å². The van der Waals surface area contributed by atoms with Crippen LogP contribution >= 0.6 is 0 Å². The molecule has 0 spiro atoms. The molecule has 3 N–H and O–H groups in total. The van der Waals surface area contributed by atoms with Crippen molar-refractivity contribution in [2.75, 3.05) is 7.11 Å². The maximum Gasteiger partial charge on any atom is 0.335 e. The molecule has 0 aliphatic carbocycles. The zero-order valence-electron chi connectivity index (χ0n) is 13.1. The highest BCUT2D eigenvalue weighted by atomic mass is 16.5. The molecule has 0 radical (unpaired) electrons. The number of nitrogens with two attached hydrogens (primary N) is 1. The van der Waals surface area contributed by atoms with Gasteiger partial charge < -0.3 is 15.6 Å². The lowest BCUT2D eigenvalue weighted by Gasteiger charge is -2.06. The Labute approximate surface area is 139 Å². The summed E-state index contributed by atoms with van der Waals surface area (Å²) < 4.78 is 5.11. The van der Waals surface area contributed by atoms with Crippen LogP contribution in [-0.2, 0) is 0 Å². The van der Waals surface area contributed by atoms with E-state index < -0.39 is 5.97 Å². The third-order valence-electron chi connectivity index (χ3n) is 3.23. The summed E-state index contributed by atoms with van der Waals surface area (Å²) >= 11 is 0. The number of hydrogen-bond acceptors (Lipinski definition) is 3. The summed E-state index contributed by atoms with van der Waals surface area (Å²) in [6.45, 7) is 3.93. The number of methoxy groups -OCH3 is 1. The molecule has 2 rings (SSSR count). The van der Waals surface area contributed by atoms with E-state index in [1.165, 1.54) is 12.1 Å². The molecule has 0 unspecified atom stereocenters. The highest BCUT2D eigenvalue weighted by molar-refractivity contribution is 6.06. The van der Waals surface area contributed by atoms with Crippen molar-refractivity contribution in [2.24, 2.45) is 15.7 Å². The fourth-order valence-electron chi connectivity index (χ4n) is 2.01. The van der Waals surface area contributed by atoms with Crippen molar-refractivity contribution in [2.45, 2.75) is 0 Å². The topological polar surface area (TPSA) is 97.3 Å². The Balaban J connectivity index is 2.38. The normalized spacial score (nSPS) is 11.5. The molecule has 6 nitrogen and oxygen atoms in total. The predicted molar refractivity (Wildman–Crippen MR) is 94.6 cm³/mol. The number of hydrogen-bond donors (Lipinski definition) is 2. The van der Waals surface area contributed by atoms with Crippen LogP contribution in [0.5, 0.6) is 5.75 Å². The molecule has 122 valence electrons. The van der Waals surface area contributed by atoms with Crippen molar-refractivity contribution in [3.63, 3.8) is 0 Å². The zero-order chi connectivity index (χ0) is 17.5. The first kappa shape index (κ1) is 17.0. The first-order chi connectivity index (χ1) is 11.5. The highest BCUT2D eigenvalue weighted by Crippen LogP contribution is 2.19. The van der Waals surface area contributed by atoms with Crippen molar-refractivity contribution < 1.29 is 14.6 Å². The monoisotopic (exact) mass is 323 g/mol. The lowest BCUT2D eigenvalue weighted by molar-refractivity contribution is 0.0697.